The summed E-state index contributed by atoms with van der Waals surface area (Å²) in [6, 6.07) is 0. The Balaban J connectivity index is 2.01. The average Bonchev–Trinajstić information content (AvgIpc) is 2.71. The first-order chi connectivity index (χ1) is 5.20. The van der Waals surface area contributed by atoms with Crippen LogP contribution in [0.1, 0.15) is 0 Å². The number of primary amides is 1. The molecule has 0 spiro atoms. The number of nitrogens with two attached hydrogens (primary N) is 1. The zero-order valence-electron chi connectivity index (χ0n) is 6.21. The topological polar surface area (TPSA) is 64.8 Å². The zero-order valence-corrected chi connectivity index (χ0v) is 6.21. The summed E-state index contributed by atoms with van der Waals surface area (Å²) in [6.07, 6.45) is 0.218. The fourth-order valence-corrected chi connectivity index (χ4v) is 0.549. The van der Waals surface area contributed by atoms with Crippen LogP contribution in [0.3, 0.4) is 0 Å². The highest BCUT2D eigenvalue weighted by molar-refractivity contribution is 5.91. The van der Waals surface area contributed by atoms with Crippen LogP contribution < -0.4 is 5.73 Å². The lowest BCUT2D eigenvalue weighted by Crippen LogP contribution is -2.17. The van der Waals surface area contributed by atoms with E-state index in [9.17, 15) is 4.79 Å². The van der Waals surface area contributed by atoms with Crippen molar-refractivity contribution in [3.63, 3.8) is 0 Å². The van der Waals surface area contributed by atoms with E-state index in [0.717, 1.165) is 6.61 Å². The number of carbonyl (C=O) groups is 1. The van der Waals surface area contributed by atoms with E-state index in [0.29, 0.717) is 12.2 Å². The number of amides is 1. The molecule has 1 aliphatic rings. The van der Waals surface area contributed by atoms with Gasteiger partial charge in [0.15, 0.2) is 0 Å². The van der Waals surface area contributed by atoms with Gasteiger partial charge in [-0.1, -0.05) is 6.58 Å². The molecule has 11 heavy (non-hydrogen) atoms. The molecule has 1 heterocycles. The average molecular weight is 157 g/mol. The molecule has 1 saturated heterocycles. The molecule has 62 valence electrons. The number of rotatable bonds is 5. The molecule has 0 bridgehead atoms. The van der Waals surface area contributed by atoms with Gasteiger partial charge in [-0.05, 0) is 0 Å². The van der Waals surface area contributed by atoms with Crippen LogP contribution >= 0.6 is 0 Å². The van der Waals surface area contributed by atoms with Crippen LogP contribution in [0.15, 0.2) is 12.2 Å². The van der Waals surface area contributed by atoms with Crippen molar-refractivity contribution in [2.75, 3.05) is 19.8 Å². The zero-order chi connectivity index (χ0) is 8.27. The Kier molecular flexibility index (Phi) is 2.62. The Hall–Kier alpha value is -0.870. The van der Waals surface area contributed by atoms with Crippen molar-refractivity contribution in [3.05, 3.63) is 12.2 Å². The quantitative estimate of drug-likeness (QED) is 0.430. The van der Waals surface area contributed by atoms with Crippen molar-refractivity contribution in [1.82, 2.24) is 0 Å². The van der Waals surface area contributed by atoms with Crippen LogP contribution in [0.4, 0.5) is 0 Å². The molecule has 0 aromatic carbocycles. The lowest BCUT2D eigenvalue weighted by molar-refractivity contribution is -0.115. The van der Waals surface area contributed by atoms with Crippen LogP contribution in [-0.4, -0.2) is 31.8 Å². The molecular weight excluding hydrogens is 146 g/mol. The fourth-order valence-electron chi connectivity index (χ4n) is 0.549. The monoisotopic (exact) mass is 157 g/mol. The van der Waals surface area contributed by atoms with E-state index in [2.05, 4.69) is 6.58 Å². The first-order valence-corrected chi connectivity index (χ1v) is 3.37. The standard InChI is InChI=1S/C7H11NO3/c1-5(7(8)9)2-10-3-6-4-11-6/h6H,1-4H2,(H2,8,9). The molecule has 1 atom stereocenters. The highest BCUT2D eigenvalue weighted by Crippen LogP contribution is 2.08. The van der Waals surface area contributed by atoms with E-state index in [1.165, 1.54) is 0 Å². The van der Waals surface area contributed by atoms with E-state index in [-0.39, 0.29) is 12.7 Å². The largest absolute Gasteiger partial charge is 0.374 e. The Labute approximate surface area is 65.0 Å². The van der Waals surface area contributed by atoms with Gasteiger partial charge in [0, 0.05) is 5.57 Å². The summed E-state index contributed by atoms with van der Waals surface area (Å²) in [5.74, 6) is -0.512. The number of ether oxygens (including phenoxy) is 2. The van der Waals surface area contributed by atoms with Crippen LogP contribution in [0, 0.1) is 0 Å². The van der Waals surface area contributed by atoms with Gasteiger partial charge in [0.1, 0.15) is 6.10 Å². The van der Waals surface area contributed by atoms with Gasteiger partial charge in [0.05, 0.1) is 19.8 Å². The van der Waals surface area contributed by atoms with E-state index in [1.54, 1.807) is 0 Å². The summed E-state index contributed by atoms with van der Waals surface area (Å²) in [5.41, 5.74) is 5.22. The first-order valence-electron chi connectivity index (χ1n) is 3.37. The van der Waals surface area contributed by atoms with Crippen LogP contribution in [0.25, 0.3) is 0 Å². The predicted octanol–water partition coefficient (Wildman–Crippen LogP) is -0.557. The number of hydrogen-bond acceptors (Lipinski definition) is 3. The van der Waals surface area contributed by atoms with E-state index in [4.69, 9.17) is 15.2 Å². The highest BCUT2D eigenvalue weighted by Gasteiger charge is 2.22. The second kappa shape index (κ2) is 3.50. The fraction of sp³-hybridized carbons (Fsp3) is 0.571. The van der Waals surface area contributed by atoms with E-state index >= 15 is 0 Å². The molecule has 0 aromatic heterocycles. The maximum atomic E-state index is 10.4. The lowest BCUT2D eigenvalue weighted by Gasteiger charge is -2.00. The Bertz CT molecular complexity index is 175. The van der Waals surface area contributed by atoms with Crippen LogP contribution in [-0.2, 0) is 14.3 Å². The van der Waals surface area contributed by atoms with E-state index in [1.807, 2.05) is 0 Å². The molecule has 4 heteroatoms. The van der Waals surface area contributed by atoms with Crippen molar-refractivity contribution in [1.29, 1.82) is 0 Å². The summed E-state index contributed by atoms with van der Waals surface area (Å²) < 4.78 is 9.94. The van der Waals surface area contributed by atoms with Gasteiger partial charge in [0.25, 0.3) is 0 Å². The minimum Gasteiger partial charge on any atom is -0.374 e. The Morgan fingerprint density at radius 1 is 1.82 bits per heavy atom. The van der Waals surface area contributed by atoms with Gasteiger partial charge in [-0.15, -0.1) is 0 Å². The SMILES string of the molecule is C=C(COCC1CO1)C(N)=O. The maximum Gasteiger partial charge on any atom is 0.246 e. The smallest absolute Gasteiger partial charge is 0.246 e. The Morgan fingerprint density at radius 2 is 2.45 bits per heavy atom. The molecule has 1 aliphatic heterocycles. The van der Waals surface area contributed by atoms with Gasteiger partial charge in [0.2, 0.25) is 5.91 Å². The molecule has 1 fully saturated rings. The second-order valence-corrected chi connectivity index (χ2v) is 2.44. The third-order valence-corrected chi connectivity index (χ3v) is 1.33. The molecule has 2 N–H and O–H groups in total. The normalized spacial score (nSPS) is 21.3. The minimum absolute atomic E-state index is 0.204. The van der Waals surface area contributed by atoms with Gasteiger partial charge in [-0.2, -0.15) is 0 Å². The van der Waals surface area contributed by atoms with Crippen molar-refractivity contribution in [3.8, 4) is 0 Å². The van der Waals surface area contributed by atoms with Gasteiger partial charge in [-0.3, -0.25) is 4.79 Å². The number of hydrogen-bond donors (Lipinski definition) is 1. The predicted molar refractivity (Wildman–Crippen MR) is 38.9 cm³/mol. The van der Waals surface area contributed by atoms with Crippen molar-refractivity contribution in [2.45, 2.75) is 6.10 Å². The Morgan fingerprint density at radius 3 is 2.91 bits per heavy atom. The first kappa shape index (κ1) is 8.23. The van der Waals surface area contributed by atoms with Crippen LogP contribution in [0.5, 0.6) is 0 Å². The maximum absolute atomic E-state index is 10.4. The molecule has 0 saturated carbocycles. The van der Waals surface area contributed by atoms with Crippen molar-refractivity contribution >= 4 is 5.91 Å². The minimum atomic E-state index is -0.512. The third kappa shape index (κ3) is 3.15. The van der Waals surface area contributed by atoms with Crippen LogP contribution in [0.2, 0.25) is 0 Å². The summed E-state index contributed by atoms with van der Waals surface area (Å²) in [4.78, 5) is 10.4. The molecule has 1 rings (SSSR count). The summed E-state index contributed by atoms with van der Waals surface area (Å²) in [6.45, 7) is 4.91. The molecule has 0 aromatic rings. The molecule has 0 radical (unpaired) electrons. The van der Waals surface area contributed by atoms with E-state index < -0.39 is 5.91 Å². The molecule has 1 unspecified atom stereocenters. The van der Waals surface area contributed by atoms with Gasteiger partial charge in [-0.25, -0.2) is 0 Å². The van der Waals surface area contributed by atoms with Crippen molar-refractivity contribution in [2.24, 2.45) is 5.73 Å². The summed E-state index contributed by atoms with van der Waals surface area (Å²) in [5, 5.41) is 0. The highest BCUT2D eigenvalue weighted by atomic mass is 16.6. The lowest BCUT2D eigenvalue weighted by atomic mass is 10.3. The van der Waals surface area contributed by atoms with Gasteiger partial charge < -0.3 is 15.2 Å². The van der Waals surface area contributed by atoms with Crippen molar-refractivity contribution < 1.29 is 14.3 Å². The molecular formula is C7H11NO3. The second-order valence-electron chi connectivity index (χ2n) is 2.44. The molecule has 4 nitrogen and oxygen atoms in total. The number of epoxide rings is 1. The third-order valence-electron chi connectivity index (χ3n) is 1.33. The van der Waals surface area contributed by atoms with Gasteiger partial charge >= 0.3 is 0 Å². The molecule has 0 aliphatic carbocycles. The summed E-state index contributed by atoms with van der Waals surface area (Å²) in [7, 11) is 0. The molecule has 1 amide bonds. The number of carbonyl (C=O) groups excluding carboxylic acids is 1. The summed E-state index contributed by atoms with van der Waals surface area (Å²) >= 11 is 0.